The van der Waals surface area contributed by atoms with Crippen LogP contribution in [0.1, 0.15) is 10.4 Å². The van der Waals surface area contributed by atoms with Crippen molar-refractivity contribution < 1.29 is 9.18 Å². The van der Waals surface area contributed by atoms with Gasteiger partial charge in [0.1, 0.15) is 5.82 Å². The molecule has 0 saturated heterocycles. The van der Waals surface area contributed by atoms with Crippen molar-refractivity contribution in [2.45, 2.75) is 0 Å². The molecule has 0 unspecified atom stereocenters. The molecule has 0 spiro atoms. The number of nitrogens with two attached hydrogens (primary N) is 1. The largest absolute Gasteiger partial charge is 0.398 e. The van der Waals surface area contributed by atoms with Crippen LogP contribution >= 0.6 is 22.6 Å². The van der Waals surface area contributed by atoms with Gasteiger partial charge in [-0.05, 0) is 46.9 Å². The number of rotatable bonds is 2. The molecule has 0 saturated carbocycles. The van der Waals surface area contributed by atoms with E-state index in [9.17, 15) is 9.18 Å². The second-order valence-electron chi connectivity index (χ2n) is 3.54. The van der Waals surface area contributed by atoms with E-state index in [2.05, 4.69) is 10.3 Å². The maximum atomic E-state index is 12.9. The van der Waals surface area contributed by atoms with Crippen molar-refractivity contribution in [1.82, 2.24) is 4.98 Å². The van der Waals surface area contributed by atoms with Crippen LogP contribution in [0.25, 0.3) is 0 Å². The first-order valence-electron chi connectivity index (χ1n) is 5.04. The average Bonchev–Trinajstić information content (AvgIpc) is 2.33. The van der Waals surface area contributed by atoms with E-state index in [1.807, 2.05) is 22.6 Å². The number of amides is 1. The number of nitrogens with one attached hydrogen (secondary N) is 1. The second kappa shape index (κ2) is 5.30. The van der Waals surface area contributed by atoms with E-state index < -0.39 is 0 Å². The number of pyridine rings is 1. The Labute approximate surface area is 117 Å². The molecule has 92 valence electrons. The van der Waals surface area contributed by atoms with E-state index in [4.69, 9.17) is 5.73 Å². The molecule has 0 aliphatic carbocycles. The van der Waals surface area contributed by atoms with Crippen molar-refractivity contribution in [3.8, 4) is 0 Å². The predicted molar refractivity (Wildman–Crippen MR) is 75.7 cm³/mol. The van der Waals surface area contributed by atoms with Gasteiger partial charge in [0.05, 0.1) is 11.3 Å². The Morgan fingerprint density at radius 3 is 2.83 bits per heavy atom. The van der Waals surface area contributed by atoms with Crippen LogP contribution in [0.2, 0.25) is 0 Å². The maximum Gasteiger partial charge on any atom is 0.259 e. The minimum absolute atomic E-state index is 0.289. The van der Waals surface area contributed by atoms with Gasteiger partial charge in [-0.3, -0.25) is 9.78 Å². The summed E-state index contributed by atoms with van der Waals surface area (Å²) in [7, 11) is 0. The molecule has 6 heteroatoms. The zero-order chi connectivity index (χ0) is 13.1. The highest BCUT2D eigenvalue weighted by Crippen LogP contribution is 2.20. The predicted octanol–water partition coefficient (Wildman–Crippen LogP) is 2.66. The van der Waals surface area contributed by atoms with Crippen LogP contribution in [0.15, 0.2) is 36.7 Å². The van der Waals surface area contributed by atoms with Gasteiger partial charge in [0.2, 0.25) is 0 Å². The normalized spacial score (nSPS) is 10.1. The van der Waals surface area contributed by atoms with E-state index in [1.54, 1.807) is 6.07 Å². The third-order valence-electron chi connectivity index (χ3n) is 2.28. The number of aromatic nitrogens is 1. The number of halogens is 2. The Balaban J connectivity index is 2.24. The lowest BCUT2D eigenvalue weighted by Crippen LogP contribution is -2.15. The van der Waals surface area contributed by atoms with E-state index in [1.165, 1.54) is 30.6 Å². The quantitative estimate of drug-likeness (QED) is 0.813. The van der Waals surface area contributed by atoms with Crippen molar-refractivity contribution in [1.29, 1.82) is 0 Å². The highest BCUT2D eigenvalue weighted by atomic mass is 127. The summed E-state index contributed by atoms with van der Waals surface area (Å²) < 4.78 is 13.5. The molecule has 0 aliphatic rings. The highest BCUT2D eigenvalue weighted by Gasteiger charge is 2.11. The Hall–Kier alpha value is -1.70. The van der Waals surface area contributed by atoms with Crippen molar-refractivity contribution in [3.05, 3.63) is 51.6 Å². The smallest absolute Gasteiger partial charge is 0.259 e. The summed E-state index contributed by atoms with van der Waals surface area (Å²) in [6.45, 7) is 0. The molecular weight excluding hydrogens is 348 g/mol. The highest BCUT2D eigenvalue weighted by molar-refractivity contribution is 14.1. The van der Waals surface area contributed by atoms with Crippen molar-refractivity contribution in [2.75, 3.05) is 11.1 Å². The van der Waals surface area contributed by atoms with Crippen molar-refractivity contribution in [3.63, 3.8) is 0 Å². The molecule has 3 N–H and O–H groups in total. The molecule has 2 aromatic rings. The second-order valence-corrected chi connectivity index (χ2v) is 4.70. The van der Waals surface area contributed by atoms with Gasteiger partial charge < -0.3 is 11.1 Å². The number of hydrogen-bond acceptors (Lipinski definition) is 3. The van der Waals surface area contributed by atoms with Crippen molar-refractivity contribution in [2.24, 2.45) is 0 Å². The lowest BCUT2D eigenvalue weighted by atomic mass is 10.2. The molecule has 1 heterocycles. The molecule has 2 rings (SSSR count). The third kappa shape index (κ3) is 2.76. The van der Waals surface area contributed by atoms with Crippen LogP contribution in [0.5, 0.6) is 0 Å². The summed E-state index contributed by atoms with van der Waals surface area (Å²) in [4.78, 5) is 15.8. The standard InChI is InChI=1S/C12H9FIN3O/c13-7-1-2-11(9(14)5-7)17-12(18)8-6-16-4-3-10(8)15/h1-6H,(H2,15,16)(H,17,18). The lowest BCUT2D eigenvalue weighted by Gasteiger charge is -2.08. The SMILES string of the molecule is Nc1ccncc1C(=O)Nc1ccc(F)cc1I. The molecule has 1 aromatic carbocycles. The average molecular weight is 357 g/mol. The number of anilines is 2. The number of benzene rings is 1. The van der Waals surface area contributed by atoms with Gasteiger partial charge in [0, 0.05) is 21.7 Å². The van der Waals surface area contributed by atoms with Crippen LogP contribution in [0, 0.1) is 9.39 Å². The van der Waals surface area contributed by atoms with Crippen LogP contribution < -0.4 is 11.1 Å². The topological polar surface area (TPSA) is 68.0 Å². The minimum Gasteiger partial charge on any atom is -0.398 e. The van der Waals surface area contributed by atoms with Gasteiger partial charge in [0.15, 0.2) is 0 Å². The van der Waals surface area contributed by atoms with E-state index >= 15 is 0 Å². The molecule has 0 atom stereocenters. The maximum absolute atomic E-state index is 12.9. The summed E-state index contributed by atoms with van der Waals surface area (Å²) in [6, 6.07) is 5.67. The van der Waals surface area contributed by atoms with E-state index in [-0.39, 0.29) is 17.3 Å². The first-order chi connectivity index (χ1) is 8.58. The number of carbonyl (C=O) groups is 1. The van der Waals surface area contributed by atoms with Crippen LogP contribution in [0.3, 0.4) is 0 Å². The van der Waals surface area contributed by atoms with Crippen LogP contribution in [0.4, 0.5) is 15.8 Å². The zero-order valence-electron chi connectivity index (χ0n) is 9.15. The first kappa shape index (κ1) is 12.7. The Kier molecular flexibility index (Phi) is 3.75. The fourth-order valence-corrected chi connectivity index (χ4v) is 1.99. The zero-order valence-corrected chi connectivity index (χ0v) is 11.3. The number of hydrogen-bond donors (Lipinski definition) is 2. The fraction of sp³-hybridized carbons (Fsp3) is 0. The van der Waals surface area contributed by atoms with Crippen LogP contribution in [-0.4, -0.2) is 10.9 Å². The number of nitrogen functional groups attached to an aromatic ring is 1. The molecule has 0 radical (unpaired) electrons. The van der Waals surface area contributed by atoms with Crippen molar-refractivity contribution >= 4 is 39.9 Å². The van der Waals surface area contributed by atoms with Gasteiger partial charge in [-0.15, -0.1) is 0 Å². The first-order valence-corrected chi connectivity index (χ1v) is 6.11. The summed E-state index contributed by atoms with van der Waals surface area (Å²) >= 11 is 1.95. The Morgan fingerprint density at radius 1 is 1.39 bits per heavy atom. The molecule has 0 fully saturated rings. The summed E-state index contributed by atoms with van der Waals surface area (Å²) in [5, 5.41) is 2.66. The molecule has 0 bridgehead atoms. The molecule has 4 nitrogen and oxygen atoms in total. The van der Waals surface area contributed by atoms with Gasteiger partial charge >= 0.3 is 0 Å². The summed E-state index contributed by atoms with van der Waals surface area (Å²) in [5.74, 6) is -0.719. The van der Waals surface area contributed by atoms with Gasteiger partial charge in [0.25, 0.3) is 5.91 Å². The monoisotopic (exact) mass is 357 g/mol. The molecule has 1 aromatic heterocycles. The summed E-state index contributed by atoms with van der Waals surface area (Å²) in [5.41, 5.74) is 6.84. The summed E-state index contributed by atoms with van der Waals surface area (Å²) in [6.07, 6.45) is 2.90. The lowest BCUT2D eigenvalue weighted by molar-refractivity contribution is 0.102. The molecule has 0 aliphatic heterocycles. The van der Waals surface area contributed by atoms with Crippen LogP contribution in [-0.2, 0) is 0 Å². The van der Waals surface area contributed by atoms with Gasteiger partial charge in [-0.1, -0.05) is 0 Å². The third-order valence-corrected chi connectivity index (χ3v) is 3.17. The molecule has 1 amide bonds. The molecule has 18 heavy (non-hydrogen) atoms. The Bertz CT molecular complexity index is 604. The minimum atomic E-state index is -0.370. The van der Waals surface area contributed by atoms with Gasteiger partial charge in [-0.2, -0.15) is 0 Å². The van der Waals surface area contributed by atoms with Gasteiger partial charge in [-0.25, -0.2) is 4.39 Å². The molecular formula is C12H9FIN3O. The fourth-order valence-electron chi connectivity index (χ4n) is 1.38. The Morgan fingerprint density at radius 2 is 2.17 bits per heavy atom. The van der Waals surface area contributed by atoms with E-state index in [0.29, 0.717) is 14.9 Å². The number of nitrogens with zero attached hydrogens (tertiary/aromatic N) is 1. The van der Waals surface area contributed by atoms with E-state index in [0.717, 1.165) is 0 Å². The number of carbonyl (C=O) groups excluding carboxylic acids is 1.